The molecule has 102 valence electrons. The Morgan fingerprint density at radius 1 is 1.28 bits per heavy atom. The van der Waals surface area contributed by atoms with Crippen LogP contribution in [0.3, 0.4) is 0 Å². The fraction of sp³-hybridized carbons (Fsp3) is 0.600. The Labute approximate surface area is 110 Å². The van der Waals surface area contributed by atoms with Crippen LogP contribution in [0.15, 0.2) is 24.3 Å². The molecule has 2 atom stereocenters. The summed E-state index contributed by atoms with van der Waals surface area (Å²) in [5.74, 6) is 0.890. The van der Waals surface area contributed by atoms with Crippen LogP contribution in [-0.4, -0.2) is 26.8 Å². The summed E-state index contributed by atoms with van der Waals surface area (Å²) in [6.07, 6.45) is 2.51. The number of benzene rings is 1. The lowest BCUT2D eigenvalue weighted by atomic mass is 10.1. The summed E-state index contributed by atoms with van der Waals surface area (Å²) in [6.45, 7) is 5.09. The van der Waals surface area contributed by atoms with Gasteiger partial charge in [0.05, 0.1) is 19.3 Å². The van der Waals surface area contributed by atoms with Crippen LogP contribution < -0.4 is 10.1 Å². The first-order chi connectivity index (χ1) is 8.72. The summed E-state index contributed by atoms with van der Waals surface area (Å²) in [6, 6.07) is 8.05. The van der Waals surface area contributed by atoms with Gasteiger partial charge in [-0.05, 0) is 26.5 Å². The van der Waals surface area contributed by atoms with Crippen molar-refractivity contribution in [1.29, 1.82) is 0 Å². The molecule has 0 spiro atoms. The van der Waals surface area contributed by atoms with E-state index in [-0.39, 0.29) is 12.2 Å². The number of hydrogen-bond acceptors (Lipinski definition) is 3. The fourth-order valence-corrected chi connectivity index (χ4v) is 2.10. The second-order valence-corrected chi connectivity index (χ2v) is 4.52. The molecule has 0 amide bonds. The normalized spacial score (nSPS) is 14.2. The Kier molecular flexibility index (Phi) is 6.76. The highest BCUT2D eigenvalue weighted by molar-refractivity contribution is 5.35. The number of methoxy groups -OCH3 is 1. The van der Waals surface area contributed by atoms with Gasteiger partial charge in [0, 0.05) is 12.1 Å². The Hall–Kier alpha value is -1.06. The molecule has 1 rings (SSSR count). The zero-order valence-electron chi connectivity index (χ0n) is 11.9. The van der Waals surface area contributed by atoms with Crippen LogP contribution in [0, 0.1) is 0 Å². The first-order valence-electron chi connectivity index (χ1n) is 6.65. The zero-order valence-corrected chi connectivity index (χ0v) is 11.9. The SMILES string of the molecule is CCCC(C)OC(CNC)c1ccccc1OC. The van der Waals surface area contributed by atoms with E-state index in [0.29, 0.717) is 0 Å². The summed E-state index contributed by atoms with van der Waals surface area (Å²) < 4.78 is 11.5. The summed E-state index contributed by atoms with van der Waals surface area (Å²) in [5.41, 5.74) is 1.11. The van der Waals surface area contributed by atoms with Crippen molar-refractivity contribution < 1.29 is 9.47 Å². The summed E-state index contributed by atoms with van der Waals surface area (Å²) in [4.78, 5) is 0. The largest absolute Gasteiger partial charge is 0.496 e. The Bertz CT molecular complexity index is 341. The Balaban J connectivity index is 2.82. The molecule has 0 aliphatic heterocycles. The molecule has 0 saturated carbocycles. The van der Waals surface area contributed by atoms with Crippen LogP contribution in [0.4, 0.5) is 0 Å². The van der Waals surface area contributed by atoms with Gasteiger partial charge in [0.1, 0.15) is 5.75 Å². The molecule has 1 aromatic rings. The lowest BCUT2D eigenvalue weighted by Crippen LogP contribution is -2.23. The van der Waals surface area contributed by atoms with Gasteiger partial charge in [-0.1, -0.05) is 31.5 Å². The van der Waals surface area contributed by atoms with Crippen molar-refractivity contribution in [2.24, 2.45) is 0 Å². The van der Waals surface area contributed by atoms with Crippen molar-refractivity contribution >= 4 is 0 Å². The predicted octanol–water partition coefficient (Wildman–Crippen LogP) is 3.16. The van der Waals surface area contributed by atoms with Gasteiger partial charge in [0.2, 0.25) is 0 Å². The van der Waals surface area contributed by atoms with Gasteiger partial charge in [0.15, 0.2) is 0 Å². The van der Waals surface area contributed by atoms with E-state index in [9.17, 15) is 0 Å². The maximum Gasteiger partial charge on any atom is 0.124 e. The number of likely N-dealkylation sites (N-methyl/N-ethyl adjacent to an activating group) is 1. The maximum absolute atomic E-state index is 6.12. The molecule has 0 saturated heterocycles. The van der Waals surface area contributed by atoms with Gasteiger partial charge >= 0.3 is 0 Å². The number of nitrogens with one attached hydrogen (secondary N) is 1. The van der Waals surface area contributed by atoms with E-state index in [1.807, 2.05) is 25.2 Å². The molecule has 0 aliphatic rings. The van der Waals surface area contributed by atoms with Gasteiger partial charge in [-0.25, -0.2) is 0 Å². The predicted molar refractivity (Wildman–Crippen MR) is 75.1 cm³/mol. The number of ether oxygens (including phenoxy) is 2. The molecule has 0 heterocycles. The smallest absolute Gasteiger partial charge is 0.124 e. The van der Waals surface area contributed by atoms with E-state index >= 15 is 0 Å². The van der Waals surface area contributed by atoms with Crippen LogP contribution in [-0.2, 0) is 4.74 Å². The highest BCUT2D eigenvalue weighted by Gasteiger charge is 2.18. The quantitative estimate of drug-likeness (QED) is 0.770. The third kappa shape index (κ3) is 4.31. The molecular formula is C15H25NO2. The van der Waals surface area contributed by atoms with Crippen molar-refractivity contribution in [3.63, 3.8) is 0 Å². The van der Waals surface area contributed by atoms with Crippen LogP contribution in [0.25, 0.3) is 0 Å². The van der Waals surface area contributed by atoms with Crippen LogP contribution in [0.2, 0.25) is 0 Å². The summed E-state index contributed by atoms with van der Waals surface area (Å²) >= 11 is 0. The monoisotopic (exact) mass is 251 g/mol. The summed E-state index contributed by atoms with van der Waals surface area (Å²) in [5, 5.41) is 3.18. The molecule has 2 unspecified atom stereocenters. The second-order valence-electron chi connectivity index (χ2n) is 4.52. The molecule has 0 aliphatic carbocycles. The van der Waals surface area contributed by atoms with Gasteiger partial charge in [-0.3, -0.25) is 0 Å². The summed E-state index contributed by atoms with van der Waals surface area (Å²) in [7, 11) is 3.64. The fourth-order valence-electron chi connectivity index (χ4n) is 2.10. The molecule has 3 heteroatoms. The van der Waals surface area contributed by atoms with Gasteiger partial charge in [-0.2, -0.15) is 0 Å². The second kappa shape index (κ2) is 8.11. The minimum Gasteiger partial charge on any atom is -0.496 e. The van der Waals surface area contributed by atoms with E-state index in [4.69, 9.17) is 9.47 Å². The Morgan fingerprint density at radius 2 is 2.00 bits per heavy atom. The Morgan fingerprint density at radius 3 is 2.61 bits per heavy atom. The maximum atomic E-state index is 6.12. The lowest BCUT2D eigenvalue weighted by Gasteiger charge is -2.24. The van der Waals surface area contributed by atoms with E-state index in [0.717, 1.165) is 30.7 Å². The van der Waals surface area contributed by atoms with Gasteiger partial charge < -0.3 is 14.8 Å². The first-order valence-corrected chi connectivity index (χ1v) is 6.65. The zero-order chi connectivity index (χ0) is 13.4. The average Bonchev–Trinajstić information content (AvgIpc) is 2.38. The molecule has 1 N–H and O–H groups in total. The molecule has 1 aromatic carbocycles. The van der Waals surface area contributed by atoms with E-state index in [2.05, 4.69) is 25.2 Å². The molecule has 0 radical (unpaired) electrons. The third-order valence-corrected chi connectivity index (χ3v) is 2.97. The van der Waals surface area contributed by atoms with Crippen LogP contribution in [0.1, 0.15) is 38.4 Å². The van der Waals surface area contributed by atoms with E-state index in [1.54, 1.807) is 7.11 Å². The van der Waals surface area contributed by atoms with Gasteiger partial charge in [0.25, 0.3) is 0 Å². The minimum absolute atomic E-state index is 0.0349. The van der Waals surface area contributed by atoms with Crippen molar-refractivity contribution in [1.82, 2.24) is 5.32 Å². The van der Waals surface area contributed by atoms with Crippen molar-refractivity contribution in [3.05, 3.63) is 29.8 Å². The standard InChI is InChI=1S/C15H25NO2/c1-5-8-12(2)18-15(11-16-3)13-9-6-7-10-14(13)17-4/h6-7,9-10,12,15-16H,5,8,11H2,1-4H3. The van der Waals surface area contributed by atoms with E-state index in [1.165, 1.54) is 0 Å². The molecule has 3 nitrogen and oxygen atoms in total. The molecule has 18 heavy (non-hydrogen) atoms. The van der Waals surface area contributed by atoms with Crippen LogP contribution >= 0.6 is 0 Å². The van der Waals surface area contributed by atoms with E-state index < -0.39 is 0 Å². The van der Waals surface area contributed by atoms with Crippen molar-refractivity contribution in [2.75, 3.05) is 20.7 Å². The first kappa shape index (κ1) is 15.0. The highest BCUT2D eigenvalue weighted by Crippen LogP contribution is 2.28. The minimum atomic E-state index is 0.0349. The molecule has 0 bridgehead atoms. The number of rotatable bonds is 8. The number of para-hydroxylation sites is 1. The van der Waals surface area contributed by atoms with Crippen LogP contribution in [0.5, 0.6) is 5.75 Å². The topological polar surface area (TPSA) is 30.5 Å². The highest BCUT2D eigenvalue weighted by atomic mass is 16.5. The van der Waals surface area contributed by atoms with Crippen molar-refractivity contribution in [3.8, 4) is 5.75 Å². The average molecular weight is 251 g/mol. The van der Waals surface area contributed by atoms with Gasteiger partial charge in [-0.15, -0.1) is 0 Å². The van der Waals surface area contributed by atoms with Crippen molar-refractivity contribution in [2.45, 2.75) is 38.9 Å². The lowest BCUT2D eigenvalue weighted by molar-refractivity contribution is -0.00736. The molecular weight excluding hydrogens is 226 g/mol. The molecule has 0 aromatic heterocycles. The third-order valence-electron chi connectivity index (χ3n) is 2.97. The number of hydrogen-bond donors (Lipinski definition) is 1. The molecule has 0 fully saturated rings.